The van der Waals surface area contributed by atoms with Gasteiger partial charge in [0.15, 0.2) is 0 Å². The number of hydrogen-bond donors (Lipinski definition) is 2. The Labute approximate surface area is 137 Å². The van der Waals surface area contributed by atoms with E-state index in [-0.39, 0.29) is 18.1 Å². The number of nitrogens with one attached hydrogen (secondary N) is 1. The molecular formula is C18H25NO2S. The van der Waals surface area contributed by atoms with Gasteiger partial charge >= 0.3 is 0 Å². The van der Waals surface area contributed by atoms with Gasteiger partial charge in [-0.25, -0.2) is 0 Å². The van der Waals surface area contributed by atoms with Crippen molar-refractivity contribution in [3.05, 3.63) is 35.9 Å². The zero-order chi connectivity index (χ0) is 15.9. The summed E-state index contributed by atoms with van der Waals surface area (Å²) in [5.41, 5.74) is 1.08. The van der Waals surface area contributed by atoms with Crippen LogP contribution in [0.2, 0.25) is 0 Å². The maximum absolute atomic E-state index is 12.0. The molecular weight excluding hydrogens is 294 g/mol. The Morgan fingerprint density at radius 3 is 2.64 bits per heavy atom. The van der Waals surface area contributed by atoms with Crippen LogP contribution in [0.4, 0.5) is 0 Å². The van der Waals surface area contributed by atoms with Gasteiger partial charge in [-0.15, -0.1) is 11.8 Å². The number of aliphatic hydroxyl groups excluding tert-OH is 1. The van der Waals surface area contributed by atoms with E-state index in [0.29, 0.717) is 5.25 Å². The SMILES string of the molecule is CC(C)Sc1ccccc1C=CC(=O)NC1CCC(O)CC1. The van der Waals surface area contributed by atoms with Gasteiger partial charge in [0.1, 0.15) is 0 Å². The Kier molecular flexibility index (Phi) is 6.52. The third kappa shape index (κ3) is 5.50. The Hall–Kier alpha value is -1.26. The molecule has 22 heavy (non-hydrogen) atoms. The molecule has 2 rings (SSSR count). The van der Waals surface area contributed by atoms with Gasteiger partial charge in [0.05, 0.1) is 6.10 Å². The third-order valence-electron chi connectivity index (χ3n) is 3.74. The van der Waals surface area contributed by atoms with E-state index in [2.05, 4.69) is 25.2 Å². The third-order valence-corrected chi connectivity index (χ3v) is 4.84. The highest BCUT2D eigenvalue weighted by Crippen LogP contribution is 2.27. The molecule has 0 unspecified atom stereocenters. The summed E-state index contributed by atoms with van der Waals surface area (Å²) in [6.45, 7) is 4.32. The molecule has 1 saturated carbocycles. The van der Waals surface area contributed by atoms with Gasteiger partial charge < -0.3 is 10.4 Å². The van der Waals surface area contributed by atoms with Gasteiger partial charge in [-0.1, -0.05) is 32.0 Å². The summed E-state index contributed by atoms with van der Waals surface area (Å²) in [6, 6.07) is 8.33. The molecule has 2 N–H and O–H groups in total. The largest absolute Gasteiger partial charge is 0.393 e. The van der Waals surface area contributed by atoms with E-state index in [1.807, 2.05) is 24.3 Å². The van der Waals surface area contributed by atoms with Crippen LogP contribution in [0, 0.1) is 0 Å². The average molecular weight is 319 g/mol. The lowest BCUT2D eigenvalue weighted by Gasteiger charge is -2.25. The first-order valence-corrected chi connectivity index (χ1v) is 8.85. The fourth-order valence-corrected chi connectivity index (χ4v) is 3.55. The predicted molar refractivity (Wildman–Crippen MR) is 92.9 cm³/mol. The standard InChI is InChI=1S/C18H25NO2S/c1-13(2)22-17-6-4-3-5-14(17)7-12-18(21)19-15-8-10-16(20)11-9-15/h3-7,12-13,15-16,20H,8-11H2,1-2H3,(H,19,21). The molecule has 3 nitrogen and oxygen atoms in total. The number of carbonyl (C=O) groups is 1. The van der Waals surface area contributed by atoms with Gasteiger partial charge in [-0.05, 0) is 43.4 Å². The summed E-state index contributed by atoms with van der Waals surface area (Å²) in [5, 5.41) is 13.0. The van der Waals surface area contributed by atoms with Gasteiger partial charge in [-0.2, -0.15) is 0 Å². The van der Waals surface area contributed by atoms with Gasteiger partial charge in [0.25, 0.3) is 0 Å². The highest BCUT2D eigenvalue weighted by atomic mass is 32.2. The fraction of sp³-hybridized carbons (Fsp3) is 0.500. The molecule has 0 bridgehead atoms. The van der Waals surface area contributed by atoms with Gasteiger partial charge in [0, 0.05) is 22.3 Å². The number of hydrogen-bond acceptors (Lipinski definition) is 3. The summed E-state index contributed by atoms with van der Waals surface area (Å²) >= 11 is 1.80. The average Bonchev–Trinajstić information content (AvgIpc) is 2.48. The van der Waals surface area contributed by atoms with E-state index in [0.717, 1.165) is 31.2 Å². The Morgan fingerprint density at radius 1 is 1.27 bits per heavy atom. The molecule has 0 aliphatic heterocycles. The first kappa shape index (κ1) is 17.1. The minimum absolute atomic E-state index is 0.0502. The Morgan fingerprint density at radius 2 is 1.95 bits per heavy atom. The lowest BCUT2D eigenvalue weighted by molar-refractivity contribution is -0.117. The lowest BCUT2D eigenvalue weighted by Crippen LogP contribution is -2.37. The molecule has 0 atom stereocenters. The van der Waals surface area contributed by atoms with Crippen molar-refractivity contribution < 1.29 is 9.90 Å². The Balaban J connectivity index is 1.92. The van der Waals surface area contributed by atoms with E-state index < -0.39 is 0 Å². The molecule has 0 heterocycles. The van der Waals surface area contributed by atoms with Crippen molar-refractivity contribution in [2.75, 3.05) is 0 Å². The van der Waals surface area contributed by atoms with E-state index >= 15 is 0 Å². The maximum Gasteiger partial charge on any atom is 0.244 e. The molecule has 1 aliphatic carbocycles. The second-order valence-electron chi connectivity index (χ2n) is 6.05. The molecule has 0 spiro atoms. The molecule has 0 saturated heterocycles. The number of rotatable bonds is 5. The van der Waals surface area contributed by atoms with Crippen LogP contribution in [-0.4, -0.2) is 28.4 Å². The minimum atomic E-state index is -0.191. The van der Waals surface area contributed by atoms with Crippen molar-refractivity contribution in [2.24, 2.45) is 0 Å². The van der Waals surface area contributed by atoms with Gasteiger partial charge in [-0.3, -0.25) is 4.79 Å². The van der Waals surface area contributed by atoms with Crippen molar-refractivity contribution in [3.63, 3.8) is 0 Å². The van der Waals surface area contributed by atoms with Crippen molar-refractivity contribution >= 4 is 23.7 Å². The summed E-state index contributed by atoms with van der Waals surface area (Å²) < 4.78 is 0. The number of amides is 1. The molecule has 1 aromatic rings. The number of thioether (sulfide) groups is 1. The van der Waals surface area contributed by atoms with E-state index in [1.54, 1.807) is 17.8 Å². The predicted octanol–water partition coefficient (Wildman–Crippen LogP) is 3.62. The maximum atomic E-state index is 12.0. The molecule has 1 amide bonds. The molecule has 0 radical (unpaired) electrons. The van der Waals surface area contributed by atoms with Crippen LogP contribution < -0.4 is 5.32 Å². The van der Waals surface area contributed by atoms with Crippen LogP contribution in [0.15, 0.2) is 35.2 Å². The first-order valence-electron chi connectivity index (χ1n) is 7.97. The quantitative estimate of drug-likeness (QED) is 0.644. The number of aliphatic hydroxyl groups is 1. The van der Waals surface area contributed by atoms with Crippen LogP contribution in [0.1, 0.15) is 45.1 Å². The summed E-state index contributed by atoms with van der Waals surface area (Å²) in [4.78, 5) is 13.2. The van der Waals surface area contributed by atoms with E-state index in [4.69, 9.17) is 0 Å². The number of carbonyl (C=O) groups excluding carboxylic acids is 1. The van der Waals surface area contributed by atoms with Crippen LogP contribution >= 0.6 is 11.8 Å². The fourth-order valence-electron chi connectivity index (χ4n) is 2.61. The molecule has 4 heteroatoms. The van der Waals surface area contributed by atoms with Crippen LogP contribution in [-0.2, 0) is 4.79 Å². The molecule has 1 aliphatic rings. The summed E-state index contributed by atoms with van der Waals surface area (Å²) in [7, 11) is 0. The highest BCUT2D eigenvalue weighted by molar-refractivity contribution is 8.00. The smallest absolute Gasteiger partial charge is 0.244 e. The van der Waals surface area contributed by atoms with Crippen molar-refractivity contribution in [1.82, 2.24) is 5.32 Å². The molecule has 0 aromatic heterocycles. The lowest BCUT2D eigenvalue weighted by atomic mass is 9.93. The zero-order valence-electron chi connectivity index (χ0n) is 13.3. The molecule has 120 valence electrons. The van der Waals surface area contributed by atoms with Gasteiger partial charge in [0.2, 0.25) is 5.91 Å². The molecule has 1 aromatic carbocycles. The first-order chi connectivity index (χ1) is 10.5. The molecule has 1 fully saturated rings. The monoisotopic (exact) mass is 319 g/mol. The van der Waals surface area contributed by atoms with Crippen molar-refractivity contribution in [3.8, 4) is 0 Å². The Bertz CT molecular complexity index is 520. The van der Waals surface area contributed by atoms with Crippen LogP contribution in [0.5, 0.6) is 0 Å². The second kappa shape index (κ2) is 8.39. The second-order valence-corrected chi connectivity index (χ2v) is 7.67. The zero-order valence-corrected chi connectivity index (χ0v) is 14.1. The highest BCUT2D eigenvalue weighted by Gasteiger charge is 2.19. The van der Waals surface area contributed by atoms with Crippen molar-refractivity contribution in [2.45, 2.75) is 61.8 Å². The van der Waals surface area contributed by atoms with Crippen LogP contribution in [0.25, 0.3) is 6.08 Å². The number of benzene rings is 1. The van der Waals surface area contributed by atoms with Crippen molar-refractivity contribution in [1.29, 1.82) is 0 Å². The summed E-state index contributed by atoms with van der Waals surface area (Å²) in [5.74, 6) is -0.0502. The van der Waals surface area contributed by atoms with E-state index in [9.17, 15) is 9.90 Å². The minimum Gasteiger partial charge on any atom is -0.393 e. The van der Waals surface area contributed by atoms with Crippen LogP contribution in [0.3, 0.4) is 0 Å². The summed E-state index contributed by atoms with van der Waals surface area (Å²) in [6.07, 6.45) is 6.60. The topological polar surface area (TPSA) is 49.3 Å². The normalized spacial score (nSPS) is 22.2. The van der Waals surface area contributed by atoms with E-state index in [1.165, 1.54) is 4.90 Å².